The van der Waals surface area contributed by atoms with Crippen LogP contribution in [0, 0.1) is 0 Å². The van der Waals surface area contributed by atoms with Crippen molar-refractivity contribution in [3.63, 3.8) is 0 Å². The topological polar surface area (TPSA) is 18.5 Å². The smallest absolute Gasteiger partial charge is 0.00789 e. The predicted octanol–water partition coefficient (Wildman–Crippen LogP) is 1.65. The third-order valence-corrected chi connectivity index (χ3v) is 3.07. The standard InChI is InChI=1S/C13H31N3/c1-6-14-10-9-13(3)16(7-2)12-8-11-15(4)5/h13-14H,6-12H2,1-5H3. The highest BCUT2D eigenvalue weighted by atomic mass is 15.2. The van der Waals surface area contributed by atoms with Crippen LogP contribution in [0.1, 0.15) is 33.6 Å². The van der Waals surface area contributed by atoms with Gasteiger partial charge >= 0.3 is 0 Å². The fourth-order valence-electron chi connectivity index (χ4n) is 1.95. The lowest BCUT2D eigenvalue weighted by atomic mass is 10.2. The van der Waals surface area contributed by atoms with Crippen LogP contribution in [0.25, 0.3) is 0 Å². The van der Waals surface area contributed by atoms with Gasteiger partial charge in [-0.25, -0.2) is 0 Å². The van der Waals surface area contributed by atoms with Crippen LogP contribution < -0.4 is 5.32 Å². The molecule has 0 fully saturated rings. The average molecular weight is 229 g/mol. The molecule has 0 bridgehead atoms. The molecule has 1 atom stereocenters. The molecule has 1 N–H and O–H groups in total. The molecule has 0 spiro atoms. The van der Waals surface area contributed by atoms with Gasteiger partial charge in [-0.2, -0.15) is 0 Å². The van der Waals surface area contributed by atoms with E-state index in [1.54, 1.807) is 0 Å². The molecule has 98 valence electrons. The normalized spacial score (nSPS) is 13.7. The maximum absolute atomic E-state index is 3.40. The van der Waals surface area contributed by atoms with E-state index in [1.165, 1.54) is 32.5 Å². The first kappa shape index (κ1) is 15.9. The number of hydrogen-bond donors (Lipinski definition) is 1. The van der Waals surface area contributed by atoms with E-state index in [9.17, 15) is 0 Å². The van der Waals surface area contributed by atoms with Gasteiger partial charge in [-0.3, -0.25) is 0 Å². The zero-order valence-corrected chi connectivity index (χ0v) is 11.9. The molecule has 0 aromatic rings. The lowest BCUT2D eigenvalue weighted by Gasteiger charge is -2.28. The SMILES string of the molecule is CCNCCC(C)N(CC)CCCN(C)C. The van der Waals surface area contributed by atoms with Crippen LogP contribution in [-0.4, -0.2) is 62.7 Å². The molecule has 1 unspecified atom stereocenters. The third kappa shape index (κ3) is 8.08. The van der Waals surface area contributed by atoms with Gasteiger partial charge in [-0.1, -0.05) is 13.8 Å². The lowest BCUT2D eigenvalue weighted by Crippen LogP contribution is -2.37. The fourth-order valence-corrected chi connectivity index (χ4v) is 1.95. The number of hydrogen-bond acceptors (Lipinski definition) is 3. The van der Waals surface area contributed by atoms with E-state index in [4.69, 9.17) is 0 Å². The van der Waals surface area contributed by atoms with Gasteiger partial charge in [0.05, 0.1) is 0 Å². The van der Waals surface area contributed by atoms with Crippen LogP contribution in [-0.2, 0) is 0 Å². The zero-order valence-electron chi connectivity index (χ0n) is 11.9. The summed E-state index contributed by atoms with van der Waals surface area (Å²) in [5, 5.41) is 3.40. The molecule has 0 saturated heterocycles. The maximum atomic E-state index is 3.40. The monoisotopic (exact) mass is 229 g/mol. The molecule has 0 aliphatic heterocycles. The third-order valence-electron chi connectivity index (χ3n) is 3.07. The van der Waals surface area contributed by atoms with Crippen molar-refractivity contribution in [2.45, 2.75) is 39.7 Å². The molecular formula is C13H31N3. The largest absolute Gasteiger partial charge is 0.317 e. The van der Waals surface area contributed by atoms with Crippen LogP contribution in [0.5, 0.6) is 0 Å². The molecule has 0 aromatic carbocycles. The first-order valence-corrected chi connectivity index (χ1v) is 6.71. The van der Waals surface area contributed by atoms with Gasteiger partial charge in [0.2, 0.25) is 0 Å². The summed E-state index contributed by atoms with van der Waals surface area (Å²) in [4.78, 5) is 4.85. The van der Waals surface area contributed by atoms with Crippen molar-refractivity contribution in [2.24, 2.45) is 0 Å². The first-order chi connectivity index (χ1) is 7.61. The van der Waals surface area contributed by atoms with Crippen LogP contribution in [0.15, 0.2) is 0 Å². The minimum absolute atomic E-state index is 0.700. The molecule has 0 radical (unpaired) electrons. The molecule has 0 rings (SSSR count). The average Bonchev–Trinajstić information content (AvgIpc) is 2.24. The molecule has 16 heavy (non-hydrogen) atoms. The molecule has 0 aliphatic carbocycles. The molecule has 0 heterocycles. The van der Waals surface area contributed by atoms with Crippen molar-refractivity contribution in [1.29, 1.82) is 0 Å². The summed E-state index contributed by atoms with van der Waals surface area (Å²) in [6.45, 7) is 12.6. The van der Waals surface area contributed by atoms with Crippen molar-refractivity contribution in [1.82, 2.24) is 15.1 Å². The second kappa shape index (κ2) is 10.1. The fraction of sp³-hybridized carbons (Fsp3) is 1.00. The molecule has 0 saturated carbocycles. The Labute approximate surface area is 102 Å². The van der Waals surface area contributed by atoms with Crippen molar-refractivity contribution in [3.05, 3.63) is 0 Å². The van der Waals surface area contributed by atoms with Crippen molar-refractivity contribution >= 4 is 0 Å². The Morgan fingerprint density at radius 1 is 1.12 bits per heavy atom. The molecular weight excluding hydrogens is 198 g/mol. The van der Waals surface area contributed by atoms with Gasteiger partial charge in [-0.15, -0.1) is 0 Å². The van der Waals surface area contributed by atoms with E-state index in [0.29, 0.717) is 6.04 Å². The van der Waals surface area contributed by atoms with E-state index in [0.717, 1.165) is 13.1 Å². The lowest BCUT2D eigenvalue weighted by molar-refractivity contribution is 0.199. The second-order valence-corrected chi connectivity index (χ2v) is 4.78. The molecule has 3 nitrogen and oxygen atoms in total. The number of nitrogens with one attached hydrogen (secondary N) is 1. The summed E-state index contributed by atoms with van der Waals surface area (Å²) in [5.41, 5.74) is 0. The van der Waals surface area contributed by atoms with Gasteiger partial charge in [0.25, 0.3) is 0 Å². The van der Waals surface area contributed by atoms with Crippen LogP contribution >= 0.6 is 0 Å². The van der Waals surface area contributed by atoms with Crippen molar-refractivity contribution < 1.29 is 0 Å². The van der Waals surface area contributed by atoms with Gasteiger partial charge in [0.1, 0.15) is 0 Å². The highest BCUT2D eigenvalue weighted by Crippen LogP contribution is 2.04. The van der Waals surface area contributed by atoms with Crippen LogP contribution in [0.2, 0.25) is 0 Å². The van der Waals surface area contributed by atoms with Crippen LogP contribution in [0.3, 0.4) is 0 Å². The Morgan fingerprint density at radius 3 is 2.31 bits per heavy atom. The zero-order chi connectivity index (χ0) is 12.4. The predicted molar refractivity (Wildman–Crippen MR) is 73.0 cm³/mol. The summed E-state index contributed by atoms with van der Waals surface area (Å²) in [6, 6.07) is 0.700. The maximum Gasteiger partial charge on any atom is 0.00789 e. The van der Waals surface area contributed by atoms with Gasteiger partial charge in [0.15, 0.2) is 0 Å². The van der Waals surface area contributed by atoms with Gasteiger partial charge in [0, 0.05) is 6.04 Å². The van der Waals surface area contributed by atoms with E-state index in [-0.39, 0.29) is 0 Å². The minimum atomic E-state index is 0.700. The first-order valence-electron chi connectivity index (χ1n) is 6.71. The van der Waals surface area contributed by atoms with Crippen LogP contribution in [0.4, 0.5) is 0 Å². The Balaban J connectivity index is 3.69. The van der Waals surface area contributed by atoms with Gasteiger partial charge < -0.3 is 15.1 Å². The summed E-state index contributed by atoms with van der Waals surface area (Å²) < 4.78 is 0. The van der Waals surface area contributed by atoms with E-state index in [2.05, 4.69) is 50.0 Å². The summed E-state index contributed by atoms with van der Waals surface area (Å²) in [7, 11) is 4.29. The highest BCUT2D eigenvalue weighted by molar-refractivity contribution is 4.67. The quantitative estimate of drug-likeness (QED) is 0.575. The van der Waals surface area contributed by atoms with E-state index < -0.39 is 0 Å². The Hall–Kier alpha value is -0.120. The number of rotatable bonds is 10. The molecule has 3 heteroatoms. The van der Waals surface area contributed by atoms with Crippen molar-refractivity contribution in [3.8, 4) is 0 Å². The highest BCUT2D eigenvalue weighted by Gasteiger charge is 2.10. The molecule has 0 amide bonds. The summed E-state index contributed by atoms with van der Waals surface area (Å²) in [5.74, 6) is 0. The summed E-state index contributed by atoms with van der Waals surface area (Å²) in [6.07, 6.45) is 2.52. The molecule has 0 aliphatic rings. The number of nitrogens with zero attached hydrogens (tertiary/aromatic N) is 2. The minimum Gasteiger partial charge on any atom is -0.317 e. The molecule has 0 aromatic heterocycles. The Bertz CT molecular complexity index is 148. The van der Waals surface area contributed by atoms with E-state index >= 15 is 0 Å². The van der Waals surface area contributed by atoms with Gasteiger partial charge in [-0.05, 0) is 66.6 Å². The summed E-state index contributed by atoms with van der Waals surface area (Å²) >= 11 is 0. The van der Waals surface area contributed by atoms with E-state index in [1.807, 2.05) is 0 Å². The van der Waals surface area contributed by atoms with Crippen molar-refractivity contribution in [2.75, 3.05) is 46.8 Å². The Kier molecular flexibility index (Phi) is 9.99. The Morgan fingerprint density at radius 2 is 1.81 bits per heavy atom. The second-order valence-electron chi connectivity index (χ2n) is 4.78.